The standard InChI is InChI=1S/C20H19F6N3O5S/c1-4-18(31,20(24,25)26)14-9-34-16-13(35(32,33)28-14)8-29(3)15(16)17(30)27-11-6-5-10(2)12(7-11)19(21,22)23/h4-8,14,28,31H,1,9H2,2-3H3,(H,27,30)/t14-,18+/m1/s1. The van der Waals surface area contributed by atoms with E-state index in [0.717, 1.165) is 16.8 Å². The summed E-state index contributed by atoms with van der Waals surface area (Å²) in [6.07, 6.45) is -9.04. The third-order valence-electron chi connectivity index (χ3n) is 5.40. The number of rotatable bonds is 4. The van der Waals surface area contributed by atoms with Crippen LogP contribution in [0.4, 0.5) is 32.0 Å². The number of anilines is 1. The van der Waals surface area contributed by atoms with E-state index >= 15 is 0 Å². The minimum Gasteiger partial charge on any atom is -0.488 e. The van der Waals surface area contributed by atoms with Crippen LogP contribution in [0.1, 0.15) is 21.6 Å². The Morgan fingerprint density at radius 1 is 1.29 bits per heavy atom. The maximum atomic E-state index is 13.4. The zero-order valence-corrected chi connectivity index (χ0v) is 18.9. The van der Waals surface area contributed by atoms with Gasteiger partial charge in [-0.3, -0.25) is 4.79 Å². The number of halogens is 6. The van der Waals surface area contributed by atoms with Crippen molar-refractivity contribution in [2.75, 3.05) is 11.9 Å². The molecule has 15 heteroatoms. The molecule has 0 fully saturated rings. The molecule has 0 unspecified atom stereocenters. The Balaban J connectivity index is 2.00. The van der Waals surface area contributed by atoms with Crippen molar-refractivity contribution in [2.24, 2.45) is 7.05 Å². The van der Waals surface area contributed by atoms with Crippen LogP contribution >= 0.6 is 0 Å². The molecule has 0 bridgehead atoms. The lowest BCUT2D eigenvalue weighted by Gasteiger charge is -2.33. The van der Waals surface area contributed by atoms with Crippen LogP contribution in [-0.2, 0) is 23.2 Å². The number of aliphatic hydroxyl groups is 1. The fourth-order valence-electron chi connectivity index (χ4n) is 3.49. The van der Waals surface area contributed by atoms with Gasteiger partial charge >= 0.3 is 12.4 Å². The summed E-state index contributed by atoms with van der Waals surface area (Å²) in [7, 11) is -3.53. The average Bonchev–Trinajstić information content (AvgIpc) is 3.00. The zero-order chi connectivity index (χ0) is 26.6. The fraction of sp³-hybridized carbons (Fsp3) is 0.350. The molecule has 1 amide bonds. The van der Waals surface area contributed by atoms with Crippen LogP contribution in [0.15, 0.2) is 41.9 Å². The molecule has 0 spiro atoms. The van der Waals surface area contributed by atoms with Crippen LogP contribution in [0.2, 0.25) is 0 Å². The fourth-order valence-corrected chi connectivity index (χ4v) is 4.94. The Morgan fingerprint density at radius 3 is 2.46 bits per heavy atom. The van der Waals surface area contributed by atoms with Gasteiger partial charge in [-0.15, -0.1) is 0 Å². The highest BCUT2D eigenvalue weighted by molar-refractivity contribution is 7.89. The maximum absolute atomic E-state index is 13.4. The van der Waals surface area contributed by atoms with Gasteiger partial charge < -0.3 is 19.7 Å². The van der Waals surface area contributed by atoms with Gasteiger partial charge in [-0.1, -0.05) is 12.6 Å². The van der Waals surface area contributed by atoms with Crippen molar-refractivity contribution in [1.82, 2.24) is 9.29 Å². The topological polar surface area (TPSA) is 110 Å². The van der Waals surface area contributed by atoms with Gasteiger partial charge in [0.05, 0.1) is 11.6 Å². The predicted octanol–water partition coefficient (Wildman–Crippen LogP) is 3.12. The van der Waals surface area contributed by atoms with Crippen molar-refractivity contribution in [1.29, 1.82) is 0 Å². The summed E-state index contributed by atoms with van der Waals surface area (Å²) in [5.41, 5.74) is -5.58. The van der Waals surface area contributed by atoms with Gasteiger partial charge in [0, 0.05) is 18.9 Å². The highest BCUT2D eigenvalue weighted by Crippen LogP contribution is 2.39. The van der Waals surface area contributed by atoms with Crippen molar-refractivity contribution in [3.8, 4) is 5.75 Å². The molecule has 8 nitrogen and oxygen atoms in total. The number of fused-ring (bicyclic) bond motifs is 1. The molecule has 2 heterocycles. The monoisotopic (exact) mass is 527 g/mol. The lowest BCUT2D eigenvalue weighted by atomic mass is 9.95. The van der Waals surface area contributed by atoms with Crippen molar-refractivity contribution in [3.05, 3.63) is 53.9 Å². The number of sulfonamides is 1. The minimum atomic E-state index is -5.33. The number of carbonyl (C=O) groups is 1. The van der Waals surface area contributed by atoms with Gasteiger partial charge in [0.15, 0.2) is 17.0 Å². The third-order valence-corrected chi connectivity index (χ3v) is 6.86. The van der Waals surface area contributed by atoms with Gasteiger partial charge in [0.25, 0.3) is 5.91 Å². The zero-order valence-electron chi connectivity index (χ0n) is 18.1. The van der Waals surface area contributed by atoms with E-state index in [0.29, 0.717) is 6.07 Å². The Kier molecular flexibility index (Phi) is 6.50. The molecule has 1 aliphatic rings. The van der Waals surface area contributed by atoms with Crippen LogP contribution < -0.4 is 14.8 Å². The number of aromatic nitrogens is 1. The Morgan fingerprint density at radius 2 is 1.91 bits per heavy atom. The molecule has 192 valence electrons. The second-order valence-corrected chi connectivity index (χ2v) is 9.46. The highest BCUT2D eigenvalue weighted by atomic mass is 32.2. The number of ether oxygens (including phenoxy) is 1. The van der Waals surface area contributed by atoms with E-state index in [1.165, 1.54) is 20.0 Å². The van der Waals surface area contributed by atoms with Gasteiger partial charge in [-0.25, -0.2) is 13.1 Å². The number of alkyl halides is 6. The quantitative estimate of drug-likeness (QED) is 0.418. The molecule has 0 saturated heterocycles. The summed E-state index contributed by atoms with van der Waals surface area (Å²) < 4.78 is 113. The summed E-state index contributed by atoms with van der Waals surface area (Å²) in [5.74, 6) is -1.73. The molecule has 1 aliphatic heterocycles. The number of aryl methyl sites for hydroxylation is 2. The smallest absolute Gasteiger partial charge is 0.422 e. The molecular weight excluding hydrogens is 508 g/mol. The third kappa shape index (κ3) is 4.75. The molecule has 3 rings (SSSR count). The first-order chi connectivity index (χ1) is 15.9. The first-order valence-electron chi connectivity index (χ1n) is 9.68. The first kappa shape index (κ1) is 26.6. The molecule has 1 aromatic carbocycles. The summed E-state index contributed by atoms with van der Waals surface area (Å²) in [5, 5.41) is 12.3. The van der Waals surface area contributed by atoms with E-state index in [9.17, 15) is 44.7 Å². The lowest BCUT2D eigenvalue weighted by molar-refractivity contribution is -0.249. The second-order valence-electron chi connectivity index (χ2n) is 7.78. The van der Waals surface area contributed by atoms with Crippen molar-refractivity contribution in [3.63, 3.8) is 0 Å². The average molecular weight is 527 g/mol. The number of amides is 1. The molecule has 0 aliphatic carbocycles. The molecule has 0 radical (unpaired) electrons. The first-order valence-corrected chi connectivity index (χ1v) is 11.2. The molecule has 3 N–H and O–H groups in total. The Bertz CT molecular complexity index is 1290. The van der Waals surface area contributed by atoms with Gasteiger partial charge in [0.2, 0.25) is 10.0 Å². The van der Waals surface area contributed by atoms with Crippen molar-refractivity contribution in [2.45, 2.75) is 35.8 Å². The molecule has 2 atom stereocenters. The summed E-state index contributed by atoms with van der Waals surface area (Å²) in [6, 6.07) is 0.724. The van der Waals surface area contributed by atoms with Gasteiger partial charge in [-0.2, -0.15) is 26.3 Å². The predicted molar refractivity (Wildman–Crippen MR) is 110 cm³/mol. The molecule has 1 aromatic heterocycles. The summed E-state index contributed by atoms with van der Waals surface area (Å²) >= 11 is 0. The van der Waals surface area contributed by atoms with E-state index in [1.54, 1.807) is 4.72 Å². The van der Waals surface area contributed by atoms with E-state index in [1.807, 2.05) is 0 Å². The van der Waals surface area contributed by atoms with E-state index in [2.05, 4.69) is 11.9 Å². The van der Waals surface area contributed by atoms with Crippen LogP contribution in [-0.4, -0.2) is 48.4 Å². The number of hydrogen-bond acceptors (Lipinski definition) is 5. The Labute approximate surface area is 195 Å². The molecule has 0 saturated carbocycles. The lowest BCUT2D eigenvalue weighted by Crippen LogP contribution is -2.61. The molecule has 35 heavy (non-hydrogen) atoms. The van der Waals surface area contributed by atoms with Gasteiger partial charge in [-0.05, 0) is 30.7 Å². The van der Waals surface area contributed by atoms with Crippen molar-refractivity contribution >= 4 is 21.6 Å². The van der Waals surface area contributed by atoms with Crippen LogP contribution in [0, 0.1) is 6.92 Å². The van der Waals surface area contributed by atoms with E-state index in [-0.39, 0.29) is 17.3 Å². The van der Waals surface area contributed by atoms with Crippen LogP contribution in [0.25, 0.3) is 0 Å². The number of nitrogens with one attached hydrogen (secondary N) is 2. The Hall–Kier alpha value is -3.04. The highest BCUT2D eigenvalue weighted by Gasteiger charge is 2.58. The number of benzene rings is 1. The normalized spacial score (nSPS) is 19.6. The maximum Gasteiger partial charge on any atom is 0.422 e. The van der Waals surface area contributed by atoms with Crippen molar-refractivity contribution < 1.29 is 49.4 Å². The minimum absolute atomic E-state index is 0.103. The largest absolute Gasteiger partial charge is 0.488 e. The molecule has 2 aromatic rings. The number of hydrogen-bond donors (Lipinski definition) is 3. The van der Waals surface area contributed by atoms with E-state index in [4.69, 9.17) is 4.74 Å². The summed E-state index contributed by atoms with van der Waals surface area (Å²) in [6.45, 7) is 3.09. The number of nitrogens with zero attached hydrogens (tertiary/aromatic N) is 1. The molecular formula is C20H19F6N3O5S. The SMILES string of the molecule is C=C[C@](O)([C@H]1COc2c(cn(C)c2C(=O)Nc2ccc(C)c(C(F)(F)F)c2)S(=O)(=O)N1)C(F)(F)F. The van der Waals surface area contributed by atoms with Gasteiger partial charge in [0.1, 0.15) is 11.5 Å². The van der Waals surface area contributed by atoms with Crippen LogP contribution in [0.5, 0.6) is 5.75 Å². The summed E-state index contributed by atoms with van der Waals surface area (Å²) in [4.78, 5) is 12.2. The van der Waals surface area contributed by atoms with Crippen LogP contribution in [0.3, 0.4) is 0 Å². The van der Waals surface area contributed by atoms with E-state index < -0.39 is 68.4 Å². The number of carbonyl (C=O) groups excluding carboxylic acids is 1. The second kappa shape index (κ2) is 8.57.